The highest BCUT2D eigenvalue weighted by Gasteiger charge is 2.30. The molecule has 1 atom stereocenters. The fourth-order valence-electron chi connectivity index (χ4n) is 4.30. The molecule has 1 fully saturated rings. The minimum Gasteiger partial charge on any atom is -0.334 e. The number of rotatable bonds is 5. The Morgan fingerprint density at radius 1 is 1.17 bits per heavy atom. The minimum atomic E-state index is -0.127. The minimum absolute atomic E-state index is 0.127. The Morgan fingerprint density at radius 2 is 1.97 bits per heavy atom. The second kappa shape index (κ2) is 8.81. The van der Waals surface area contributed by atoms with E-state index in [9.17, 15) is 4.79 Å². The van der Waals surface area contributed by atoms with Crippen molar-refractivity contribution >= 4 is 5.91 Å². The molecule has 1 aliphatic heterocycles. The zero-order chi connectivity index (χ0) is 21.1. The van der Waals surface area contributed by atoms with Crippen molar-refractivity contribution in [2.24, 2.45) is 7.05 Å². The Balaban J connectivity index is 1.52. The van der Waals surface area contributed by atoms with Gasteiger partial charge in [0.15, 0.2) is 5.82 Å². The fraction of sp³-hybridized carbons (Fsp3) is 0.478. The maximum absolute atomic E-state index is 13.2. The van der Waals surface area contributed by atoms with Crippen molar-refractivity contribution in [2.75, 3.05) is 6.54 Å². The van der Waals surface area contributed by atoms with E-state index in [-0.39, 0.29) is 11.9 Å². The molecule has 7 heteroatoms. The summed E-state index contributed by atoms with van der Waals surface area (Å²) in [6, 6.07) is 9.62. The van der Waals surface area contributed by atoms with Crippen LogP contribution in [0.25, 0.3) is 11.5 Å². The van der Waals surface area contributed by atoms with Gasteiger partial charge in [-0.25, -0.2) is 0 Å². The molecule has 1 aliphatic rings. The van der Waals surface area contributed by atoms with Crippen molar-refractivity contribution in [3.63, 3.8) is 0 Å². The highest BCUT2D eigenvalue weighted by Crippen LogP contribution is 2.31. The fourth-order valence-corrected chi connectivity index (χ4v) is 4.30. The predicted octanol–water partition coefficient (Wildman–Crippen LogP) is 4.16. The molecular formula is C23H29N5O2. The highest BCUT2D eigenvalue weighted by atomic mass is 16.5. The second-order valence-electron chi connectivity index (χ2n) is 8.05. The van der Waals surface area contributed by atoms with E-state index in [0.717, 1.165) is 49.2 Å². The number of aromatic nitrogens is 4. The van der Waals surface area contributed by atoms with E-state index in [1.807, 2.05) is 53.9 Å². The van der Waals surface area contributed by atoms with Crippen LogP contribution in [0.15, 0.2) is 34.9 Å². The summed E-state index contributed by atoms with van der Waals surface area (Å²) in [6.45, 7) is 4.80. The smallest absolute Gasteiger partial charge is 0.257 e. The number of benzene rings is 1. The van der Waals surface area contributed by atoms with Crippen LogP contribution < -0.4 is 0 Å². The molecule has 1 amide bonds. The Hall–Kier alpha value is -2.96. The molecule has 0 spiro atoms. The summed E-state index contributed by atoms with van der Waals surface area (Å²) in [5.74, 6) is 1.26. The molecule has 0 bridgehead atoms. The first kappa shape index (κ1) is 20.3. The van der Waals surface area contributed by atoms with E-state index in [1.54, 1.807) is 0 Å². The van der Waals surface area contributed by atoms with E-state index in [0.29, 0.717) is 24.6 Å². The third kappa shape index (κ3) is 4.15. The Bertz CT molecular complexity index is 1010. The van der Waals surface area contributed by atoms with Crippen LogP contribution >= 0.6 is 0 Å². The predicted molar refractivity (Wildman–Crippen MR) is 114 cm³/mol. The quantitative estimate of drug-likeness (QED) is 0.635. The summed E-state index contributed by atoms with van der Waals surface area (Å²) in [5.41, 5.74) is 4.19. The van der Waals surface area contributed by atoms with Crippen LogP contribution in [0.1, 0.15) is 60.9 Å². The van der Waals surface area contributed by atoms with E-state index in [4.69, 9.17) is 4.52 Å². The standard InChI is InChI=1S/C23H29N5O2/c1-16-19(17(2)27(3)25-16)13-14-21(29)28-15-9-5-8-12-20(28)22-24-23(30-26-22)18-10-6-4-7-11-18/h4,6-7,10-11,20H,5,8-9,12-15H2,1-3H3/t20-/m1/s1. The van der Waals surface area contributed by atoms with Gasteiger partial charge in [-0.1, -0.05) is 36.2 Å². The molecule has 158 valence electrons. The van der Waals surface area contributed by atoms with E-state index >= 15 is 0 Å². The van der Waals surface area contributed by atoms with Crippen molar-refractivity contribution in [3.05, 3.63) is 53.1 Å². The van der Waals surface area contributed by atoms with Gasteiger partial charge in [0, 0.05) is 31.3 Å². The summed E-state index contributed by atoms with van der Waals surface area (Å²) in [5, 5.41) is 8.72. The molecule has 3 heterocycles. The Kier molecular flexibility index (Phi) is 5.97. The van der Waals surface area contributed by atoms with Crippen molar-refractivity contribution in [1.29, 1.82) is 0 Å². The number of carbonyl (C=O) groups excluding carboxylic acids is 1. The summed E-state index contributed by atoms with van der Waals surface area (Å²) in [6.07, 6.45) is 5.22. The first-order valence-electron chi connectivity index (χ1n) is 10.7. The second-order valence-corrected chi connectivity index (χ2v) is 8.05. The lowest BCUT2D eigenvalue weighted by Gasteiger charge is -2.28. The summed E-state index contributed by atoms with van der Waals surface area (Å²) in [7, 11) is 1.94. The lowest BCUT2D eigenvalue weighted by Crippen LogP contribution is -2.35. The maximum Gasteiger partial charge on any atom is 0.257 e. The van der Waals surface area contributed by atoms with E-state index in [2.05, 4.69) is 22.2 Å². The molecule has 0 N–H and O–H groups in total. The van der Waals surface area contributed by atoms with Gasteiger partial charge in [-0.2, -0.15) is 10.1 Å². The van der Waals surface area contributed by atoms with Gasteiger partial charge >= 0.3 is 0 Å². The molecule has 30 heavy (non-hydrogen) atoms. The van der Waals surface area contributed by atoms with Crippen molar-refractivity contribution < 1.29 is 9.32 Å². The van der Waals surface area contributed by atoms with Gasteiger partial charge in [0.25, 0.3) is 5.89 Å². The number of aryl methyl sites for hydroxylation is 2. The largest absolute Gasteiger partial charge is 0.334 e. The monoisotopic (exact) mass is 407 g/mol. The zero-order valence-corrected chi connectivity index (χ0v) is 18.0. The molecule has 2 aromatic heterocycles. The van der Waals surface area contributed by atoms with Gasteiger partial charge in [-0.05, 0) is 50.8 Å². The molecule has 3 aromatic rings. The third-order valence-corrected chi connectivity index (χ3v) is 6.08. The van der Waals surface area contributed by atoms with Gasteiger partial charge in [-0.15, -0.1) is 0 Å². The van der Waals surface area contributed by atoms with Gasteiger partial charge in [-0.3, -0.25) is 9.48 Å². The summed E-state index contributed by atoms with van der Waals surface area (Å²) >= 11 is 0. The normalized spacial score (nSPS) is 17.2. The molecule has 1 saturated heterocycles. The molecule has 0 unspecified atom stereocenters. The van der Waals surface area contributed by atoms with Crippen molar-refractivity contribution in [2.45, 2.75) is 58.4 Å². The van der Waals surface area contributed by atoms with Crippen LogP contribution in [0, 0.1) is 13.8 Å². The van der Waals surface area contributed by atoms with E-state index < -0.39 is 0 Å². The van der Waals surface area contributed by atoms with Crippen molar-refractivity contribution in [1.82, 2.24) is 24.8 Å². The van der Waals surface area contributed by atoms with Gasteiger partial charge in [0.05, 0.1) is 11.7 Å². The topological polar surface area (TPSA) is 77.0 Å². The molecule has 7 nitrogen and oxygen atoms in total. The van der Waals surface area contributed by atoms with Crippen LogP contribution in [0.2, 0.25) is 0 Å². The molecule has 0 aliphatic carbocycles. The Labute approximate surface area is 177 Å². The lowest BCUT2D eigenvalue weighted by atomic mass is 10.1. The molecular weight excluding hydrogens is 378 g/mol. The summed E-state index contributed by atoms with van der Waals surface area (Å²) < 4.78 is 7.41. The van der Waals surface area contributed by atoms with Gasteiger partial charge in [0.2, 0.25) is 5.91 Å². The molecule has 0 saturated carbocycles. The van der Waals surface area contributed by atoms with Crippen molar-refractivity contribution in [3.8, 4) is 11.5 Å². The third-order valence-electron chi connectivity index (χ3n) is 6.08. The number of likely N-dealkylation sites (tertiary alicyclic amines) is 1. The lowest BCUT2D eigenvalue weighted by molar-refractivity contribution is -0.133. The highest BCUT2D eigenvalue weighted by molar-refractivity contribution is 5.77. The molecule has 0 radical (unpaired) electrons. The van der Waals surface area contributed by atoms with Crippen LogP contribution in [-0.2, 0) is 18.3 Å². The van der Waals surface area contributed by atoms with Crippen LogP contribution in [0.3, 0.4) is 0 Å². The zero-order valence-electron chi connectivity index (χ0n) is 18.0. The average molecular weight is 408 g/mol. The number of nitrogens with zero attached hydrogens (tertiary/aromatic N) is 5. The van der Waals surface area contributed by atoms with Crippen LogP contribution in [0.5, 0.6) is 0 Å². The van der Waals surface area contributed by atoms with E-state index in [1.165, 1.54) is 5.56 Å². The van der Waals surface area contributed by atoms with Crippen LogP contribution in [-0.4, -0.2) is 37.3 Å². The molecule has 1 aromatic carbocycles. The number of hydrogen-bond acceptors (Lipinski definition) is 5. The molecule has 4 rings (SSSR count). The first-order valence-corrected chi connectivity index (χ1v) is 10.7. The van der Waals surface area contributed by atoms with Crippen LogP contribution in [0.4, 0.5) is 0 Å². The number of hydrogen-bond donors (Lipinski definition) is 0. The SMILES string of the molecule is Cc1nn(C)c(C)c1CCC(=O)N1CCCCC[C@@H]1c1noc(-c2ccccc2)n1. The number of amides is 1. The summed E-state index contributed by atoms with van der Waals surface area (Å²) in [4.78, 5) is 19.8. The maximum atomic E-state index is 13.2. The van der Waals surface area contributed by atoms with Gasteiger partial charge < -0.3 is 9.42 Å². The van der Waals surface area contributed by atoms with Gasteiger partial charge in [0.1, 0.15) is 0 Å². The number of carbonyl (C=O) groups is 1. The first-order chi connectivity index (χ1) is 14.5. The Morgan fingerprint density at radius 3 is 2.70 bits per heavy atom. The average Bonchev–Trinajstić information content (AvgIpc) is 3.23.